The molecule has 2 atom stereocenters. The summed E-state index contributed by atoms with van der Waals surface area (Å²) in [6.07, 6.45) is 0.106. The van der Waals surface area contributed by atoms with E-state index in [2.05, 4.69) is 10.2 Å². The number of aliphatic hydroxyl groups excluding tert-OH is 1. The number of aliphatic hydroxyl groups is 1. The van der Waals surface area contributed by atoms with Crippen molar-refractivity contribution < 1.29 is 14.6 Å². The second-order valence-electron chi connectivity index (χ2n) is 4.71. The van der Waals surface area contributed by atoms with E-state index in [-0.39, 0.29) is 18.6 Å². The van der Waals surface area contributed by atoms with E-state index in [9.17, 15) is 4.79 Å². The summed E-state index contributed by atoms with van der Waals surface area (Å²) in [6, 6.07) is 3.79. The molecule has 2 rings (SSSR count). The molecule has 0 spiro atoms. The first-order valence-corrected chi connectivity index (χ1v) is 7.33. The maximum atomic E-state index is 12.2. The summed E-state index contributed by atoms with van der Waals surface area (Å²) in [7, 11) is 1.98. The molecule has 106 valence electrons. The van der Waals surface area contributed by atoms with Crippen molar-refractivity contribution in [2.24, 2.45) is 0 Å². The van der Waals surface area contributed by atoms with Crippen LogP contribution in [0.3, 0.4) is 0 Å². The molecule has 5 nitrogen and oxygen atoms in total. The van der Waals surface area contributed by atoms with Gasteiger partial charge in [0.15, 0.2) is 0 Å². The smallest absolute Gasteiger partial charge is 0.250 e. The fourth-order valence-electron chi connectivity index (χ4n) is 2.11. The second kappa shape index (κ2) is 7.00. The molecule has 0 aromatic carbocycles. The Morgan fingerprint density at radius 3 is 3.21 bits per heavy atom. The van der Waals surface area contributed by atoms with Gasteiger partial charge in [-0.25, -0.2) is 0 Å². The predicted octanol–water partition coefficient (Wildman–Crippen LogP) is 0.618. The summed E-state index contributed by atoms with van der Waals surface area (Å²) in [5.41, 5.74) is 0. The van der Waals surface area contributed by atoms with Crippen LogP contribution in [0.15, 0.2) is 17.5 Å². The molecule has 0 saturated carbocycles. The van der Waals surface area contributed by atoms with Gasteiger partial charge in [-0.1, -0.05) is 6.07 Å². The molecule has 0 radical (unpaired) electrons. The molecule has 1 amide bonds. The Morgan fingerprint density at radius 2 is 2.58 bits per heavy atom. The van der Waals surface area contributed by atoms with Crippen molar-refractivity contribution in [1.29, 1.82) is 0 Å². The molecule has 2 N–H and O–H groups in total. The minimum absolute atomic E-state index is 0.0499. The average molecular weight is 284 g/mol. The maximum Gasteiger partial charge on any atom is 0.250 e. The fraction of sp³-hybridized carbons (Fsp3) is 0.615. The number of morpholine rings is 1. The second-order valence-corrected chi connectivity index (χ2v) is 5.69. The zero-order valence-electron chi connectivity index (χ0n) is 11.0. The van der Waals surface area contributed by atoms with Gasteiger partial charge in [-0.3, -0.25) is 4.79 Å². The number of nitrogens with one attached hydrogen (secondary N) is 1. The van der Waals surface area contributed by atoms with Crippen molar-refractivity contribution >= 4 is 17.2 Å². The summed E-state index contributed by atoms with van der Waals surface area (Å²) >= 11 is 1.58. The van der Waals surface area contributed by atoms with Gasteiger partial charge >= 0.3 is 0 Å². The highest BCUT2D eigenvalue weighted by Gasteiger charge is 2.27. The van der Waals surface area contributed by atoms with Crippen LogP contribution in [0.5, 0.6) is 0 Å². The number of likely N-dealkylation sites (N-methyl/N-ethyl adjacent to an activating group) is 1. The molecular weight excluding hydrogens is 264 g/mol. The summed E-state index contributed by atoms with van der Waals surface area (Å²) in [4.78, 5) is 15.3. The third-order valence-corrected chi connectivity index (χ3v) is 4.17. The third kappa shape index (κ3) is 4.01. The molecule has 0 bridgehead atoms. The molecule has 1 aromatic heterocycles. The topological polar surface area (TPSA) is 61.8 Å². The van der Waals surface area contributed by atoms with E-state index in [0.29, 0.717) is 19.6 Å². The van der Waals surface area contributed by atoms with E-state index in [0.717, 1.165) is 11.4 Å². The molecule has 0 aliphatic carbocycles. The van der Waals surface area contributed by atoms with Gasteiger partial charge in [0.2, 0.25) is 0 Å². The monoisotopic (exact) mass is 284 g/mol. The van der Waals surface area contributed by atoms with Gasteiger partial charge < -0.3 is 20.1 Å². The van der Waals surface area contributed by atoms with Crippen LogP contribution in [0.4, 0.5) is 0 Å². The highest BCUT2D eigenvalue weighted by atomic mass is 32.1. The van der Waals surface area contributed by atoms with Crippen molar-refractivity contribution in [2.75, 3.05) is 33.4 Å². The van der Waals surface area contributed by atoms with Crippen LogP contribution < -0.4 is 5.32 Å². The Bertz CT molecular complexity index is 397. The molecular formula is C13H20N2O3S. The van der Waals surface area contributed by atoms with Gasteiger partial charge in [-0.05, 0) is 24.9 Å². The number of hydrogen-bond donors (Lipinski definition) is 2. The lowest BCUT2D eigenvalue weighted by Crippen LogP contribution is -2.49. The quantitative estimate of drug-likeness (QED) is 0.832. The molecule has 1 aliphatic rings. The van der Waals surface area contributed by atoms with Gasteiger partial charge in [-0.15, -0.1) is 11.3 Å². The predicted molar refractivity (Wildman–Crippen MR) is 74.1 cm³/mol. The number of hydrogen-bond acceptors (Lipinski definition) is 5. The lowest BCUT2D eigenvalue weighted by Gasteiger charge is -2.30. The van der Waals surface area contributed by atoms with Crippen LogP contribution in [-0.2, 0) is 9.53 Å². The Kier molecular flexibility index (Phi) is 5.33. The Balaban J connectivity index is 1.95. The first-order chi connectivity index (χ1) is 9.20. The van der Waals surface area contributed by atoms with Crippen LogP contribution in [0, 0.1) is 0 Å². The van der Waals surface area contributed by atoms with E-state index >= 15 is 0 Å². The number of thiophene rings is 1. The van der Waals surface area contributed by atoms with Crippen molar-refractivity contribution in [1.82, 2.24) is 10.2 Å². The number of carbonyl (C=O) groups excluding carboxylic acids is 1. The van der Waals surface area contributed by atoms with E-state index in [4.69, 9.17) is 9.84 Å². The zero-order valence-corrected chi connectivity index (χ0v) is 11.9. The SMILES string of the molecule is CN1CCO[C@@H](C(=O)N[C@H](CCO)c2cccs2)C1. The fourth-order valence-corrected chi connectivity index (χ4v) is 2.92. The number of rotatable bonds is 5. The number of nitrogens with zero attached hydrogens (tertiary/aromatic N) is 1. The van der Waals surface area contributed by atoms with Crippen LogP contribution in [0.1, 0.15) is 17.3 Å². The summed E-state index contributed by atoms with van der Waals surface area (Å²) in [5, 5.41) is 14.1. The highest BCUT2D eigenvalue weighted by Crippen LogP contribution is 2.22. The maximum absolute atomic E-state index is 12.2. The molecule has 1 saturated heterocycles. The first-order valence-electron chi connectivity index (χ1n) is 6.45. The van der Waals surface area contributed by atoms with Crippen molar-refractivity contribution in [3.05, 3.63) is 22.4 Å². The molecule has 1 fully saturated rings. The zero-order chi connectivity index (χ0) is 13.7. The van der Waals surface area contributed by atoms with E-state index in [1.165, 1.54) is 0 Å². The van der Waals surface area contributed by atoms with E-state index < -0.39 is 6.10 Å². The molecule has 0 unspecified atom stereocenters. The normalized spacial score (nSPS) is 22.1. The van der Waals surface area contributed by atoms with Gasteiger partial charge in [0.05, 0.1) is 12.6 Å². The van der Waals surface area contributed by atoms with Gasteiger partial charge in [0, 0.05) is 24.6 Å². The van der Waals surface area contributed by atoms with Gasteiger partial charge in [0.25, 0.3) is 5.91 Å². The van der Waals surface area contributed by atoms with Crippen LogP contribution in [-0.4, -0.2) is 55.4 Å². The standard InChI is InChI=1S/C13H20N2O3S/c1-15-5-7-18-11(9-15)13(17)14-10(4-6-16)12-3-2-8-19-12/h2-3,8,10-11,16H,4-7,9H2,1H3,(H,14,17)/t10-,11-/m1/s1. The van der Waals surface area contributed by atoms with E-state index in [1.807, 2.05) is 24.6 Å². The summed E-state index contributed by atoms with van der Waals surface area (Å²) < 4.78 is 5.49. The average Bonchev–Trinajstić information content (AvgIpc) is 2.92. The largest absolute Gasteiger partial charge is 0.396 e. The number of amides is 1. The first kappa shape index (κ1) is 14.5. The van der Waals surface area contributed by atoms with Crippen LogP contribution in [0.25, 0.3) is 0 Å². The molecule has 1 aliphatic heterocycles. The lowest BCUT2D eigenvalue weighted by molar-refractivity contribution is -0.138. The summed E-state index contributed by atoms with van der Waals surface area (Å²) in [6.45, 7) is 2.10. The van der Waals surface area contributed by atoms with Crippen molar-refractivity contribution in [2.45, 2.75) is 18.6 Å². The number of carbonyl (C=O) groups is 1. The minimum atomic E-state index is -0.417. The lowest BCUT2D eigenvalue weighted by atomic mass is 10.1. The van der Waals surface area contributed by atoms with Crippen molar-refractivity contribution in [3.63, 3.8) is 0 Å². The Morgan fingerprint density at radius 1 is 1.74 bits per heavy atom. The Labute approximate surface area is 117 Å². The number of ether oxygens (including phenoxy) is 1. The van der Waals surface area contributed by atoms with Gasteiger partial charge in [0.1, 0.15) is 6.10 Å². The Hall–Kier alpha value is -0.950. The van der Waals surface area contributed by atoms with E-state index in [1.54, 1.807) is 11.3 Å². The summed E-state index contributed by atoms with van der Waals surface area (Å²) in [5.74, 6) is -0.0987. The van der Waals surface area contributed by atoms with Crippen molar-refractivity contribution in [3.8, 4) is 0 Å². The van der Waals surface area contributed by atoms with Crippen LogP contribution >= 0.6 is 11.3 Å². The highest BCUT2D eigenvalue weighted by molar-refractivity contribution is 7.10. The van der Waals surface area contributed by atoms with Crippen LogP contribution in [0.2, 0.25) is 0 Å². The molecule has 6 heteroatoms. The minimum Gasteiger partial charge on any atom is -0.396 e. The molecule has 2 heterocycles. The molecule has 19 heavy (non-hydrogen) atoms. The molecule has 1 aromatic rings. The van der Waals surface area contributed by atoms with Gasteiger partial charge in [-0.2, -0.15) is 0 Å². The third-order valence-electron chi connectivity index (χ3n) is 3.18.